The zero-order valence-electron chi connectivity index (χ0n) is 13.6. The van der Waals surface area contributed by atoms with Gasteiger partial charge in [-0.2, -0.15) is 0 Å². The first-order chi connectivity index (χ1) is 12.1. The van der Waals surface area contributed by atoms with E-state index in [1.807, 2.05) is 30.3 Å². The molecule has 2 rings (SSSR count). The number of nitrogens with zero attached hydrogens (tertiary/aromatic N) is 1. The Morgan fingerprint density at radius 1 is 1.04 bits per heavy atom. The van der Waals surface area contributed by atoms with Crippen LogP contribution >= 0.6 is 0 Å². The zero-order valence-corrected chi connectivity index (χ0v) is 13.6. The molecule has 7 nitrogen and oxygen atoms in total. The molecule has 1 unspecified atom stereocenters. The lowest BCUT2D eigenvalue weighted by Crippen LogP contribution is -2.50. The third-order valence-corrected chi connectivity index (χ3v) is 3.20. The number of rotatable bonds is 5. The molecule has 0 fully saturated rings. The van der Waals surface area contributed by atoms with Gasteiger partial charge in [0.2, 0.25) is 5.91 Å². The van der Waals surface area contributed by atoms with Gasteiger partial charge < -0.3 is 5.32 Å². The van der Waals surface area contributed by atoms with Crippen molar-refractivity contribution in [3.05, 3.63) is 72.1 Å². The third-order valence-electron chi connectivity index (χ3n) is 3.20. The lowest BCUT2D eigenvalue weighted by Gasteiger charge is -2.13. The van der Waals surface area contributed by atoms with E-state index in [4.69, 9.17) is 0 Å². The molecule has 7 heteroatoms. The first-order valence-corrected chi connectivity index (χ1v) is 7.60. The Morgan fingerprint density at radius 2 is 1.80 bits per heavy atom. The van der Waals surface area contributed by atoms with Gasteiger partial charge in [-0.15, -0.1) is 0 Å². The summed E-state index contributed by atoms with van der Waals surface area (Å²) in [5.41, 5.74) is 5.70. The number of carbonyl (C=O) groups is 3. The molecule has 0 aliphatic heterocycles. The molecule has 0 aliphatic rings. The first-order valence-electron chi connectivity index (χ1n) is 7.60. The van der Waals surface area contributed by atoms with Crippen molar-refractivity contribution in [1.82, 2.24) is 21.2 Å². The minimum Gasteiger partial charge on any atom is -0.341 e. The summed E-state index contributed by atoms with van der Waals surface area (Å²) in [6, 6.07) is 11.7. The average molecular weight is 338 g/mol. The smallest absolute Gasteiger partial charge is 0.271 e. The fraction of sp³-hybridized carbons (Fsp3) is 0.111. The van der Waals surface area contributed by atoms with Gasteiger partial charge in [-0.05, 0) is 30.7 Å². The predicted octanol–water partition coefficient (Wildman–Crippen LogP) is 1.06. The molecule has 1 aromatic carbocycles. The van der Waals surface area contributed by atoms with Crippen LogP contribution in [0.1, 0.15) is 22.8 Å². The Morgan fingerprint density at radius 3 is 2.48 bits per heavy atom. The van der Waals surface area contributed by atoms with E-state index >= 15 is 0 Å². The van der Waals surface area contributed by atoms with Gasteiger partial charge in [-0.1, -0.05) is 30.3 Å². The second kappa shape index (κ2) is 8.97. The maximum absolute atomic E-state index is 11.9. The summed E-state index contributed by atoms with van der Waals surface area (Å²) in [5, 5.41) is 2.51. The second-order valence-corrected chi connectivity index (χ2v) is 5.16. The van der Waals surface area contributed by atoms with E-state index in [9.17, 15) is 14.4 Å². The second-order valence-electron chi connectivity index (χ2n) is 5.16. The van der Waals surface area contributed by atoms with Crippen LogP contribution in [0.3, 0.4) is 0 Å². The number of hydrogen-bond donors (Lipinski definition) is 3. The highest BCUT2D eigenvalue weighted by molar-refractivity contribution is 5.97. The van der Waals surface area contributed by atoms with Gasteiger partial charge >= 0.3 is 0 Å². The molecule has 0 radical (unpaired) electrons. The van der Waals surface area contributed by atoms with Crippen LogP contribution in [0.5, 0.6) is 0 Å². The van der Waals surface area contributed by atoms with Crippen molar-refractivity contribution >= 4 is 23.8 Å². The van der Waals surface area contributed by atoms with Crippen molar-refractivity contribution in [3.63, 3.8) is 0 Å². The largest absolute Gasteiger partial charge is 0.341 e. The van der Waals surface area contributed by atoms with E-state index < -0.39 is 23.8 Å². The van der Waals surface area contributed by atoms with Crippen LogP contribution < -0.4 is 16.2 Å². The number of carbonyl (C=O) groups excluding carboxylic acids is 3. The Kier molecular flexibility index (Phi) is 6.41. The molecule has 0 saturated heterocycles. The molecule has 0 saturated carbocycles. The van der Waals surface area contributed by atoms with E-state index in [1.165, 1.54) is 25.4 Å². The summed E-state index contributed by atoms with van der Waals surface area (Å²) in [5.74, 6) is -1.45. The molecular weight excluding hydrogens is 320 g/mol. The van der Waals surface area contributed by atoms with E-state index in [1.54, 1.807) is 18.2 Å². The van der Waals surface area contributed by atoms with Crippen LogP contribution in [0.15, 0.2) is 60.9 Å². The average Bonchev–Trinajstić information content (AvgIpc) is 2.65. The fourth-order valence-electron chi connectivity index (χ4n) is 1.86. The van der Waals surface area contributed by atoms with Gasteiger partial charge in [-0.3, -0.25) is 30.2 Å². The topological polar surface area (TPSA) is 100 Å². The molecule has 1 heterocycles. The highest BCUT2D eigenvalue weighted by atomic mass is 16.2. The highest BCUT2D eigenvalue weighted by Gasteiger charge is 2.15. The van der Waals surface area contributed by atoms with Crippen LogP contribution in [-0.2, 0) is 9.59 Å². The summed E-state index contributed by atoms with van der Waals surface area (Å²) in [6.45, 7) is 1.51. The van der Waals surface area contributed by atoms with Crippen LogP contribution in [0, 0.1) is 0 Å². The van der Waals surface area contributed by atoms with Gasteiger partial charge in [0.1, 0.15) is 6.04 Å². The zero-order chi connectivity index (χ0) is 18.1. The van der Waals surface area contributed by atoms with E-state index in [0.29, 0.717) is 5.56 Å². The maximum Gasteiger partial charge on any atom is 0.271 e. The normalized spacial score (nSPS) is 11.6. The number of amides is 3. The monoisotopic (exact) mass is 338 g/mol. The minimum atomic E-state index is -0.817. The van der Waals surface area contributed by atoms with Crippen molar-refractivity contribution in [1.29, 1.82) is 0 Å². The molecule has 3 N–H and O–H groups in total. The van der Waals surface area contributed by atoms with Crippen LogP contribution in [-0.4, -0.2) is 28.7 Å². The maximum atomic E-state index is 11.9. The standard InChI is InChI=1S/C18H18N4O3/c1-13(20-16(23)10-9-14-6-3-2-4-7-14)17(24)21-22-18(25)15-8-5-11-19-12-15/h2-13H,1H3,(H,20,23)(H,21,24)(H,22,25). The number of benzene rings is 1. The Labute approximate surface area is 145 Å². The van der Waals surface area contributed by atoms with Crippen molar-refractivity contribution in [3.8, 4) is 0 Å². The molecule has 25 heavy (non-hydrogen) atoms. The van der Waals surface area contributed by atoms with Crippen molar-refractivity contribution in [2.45, 2.75) is 13.0 Å². The number of nitrogens with one attached hydrogen (secondary N) is 3. The summed E-state index contributed by atoms with van der Waals surface area (Å²) >= 11 is 0. The quantitative estimate of drug-likeness (QED) is 0.560. The number of hydrogen-bond acceptors (Lipinski definition) is 4. The molecule has 0 aliphatic carbocycles. The molecule has 2 aromatic rings. The van der Waals surface area contributed by atoms with Crippen molar-refractivity contribution < 1.29 is 14.4 Å². The van der Waals surface area contributed by atoms with Gasteiger partial charge in [0, 0.05) is 18.5 Å². The van der Waals surface area contributed by atoms with Crippen LogP contribution in [0.25, 0.3) is 6.08 Å². The summed E-state index contributed by atoms with van der Waals surface area (Å²) in [7, 11) is 0. The van der Waals surface area contributed by atoms with Gasteiger partial charge in [0.15, 0.2) is 0 Å². The van der Waals surface area contributed by atoms with Crippen LogP contribution in [0.2, 0.25) is 0 Å². The van der Waals surface area contributed by atoms with Gasteiger partial charge in [-0.25, -0.2) is 0 Å². The van der Waals surface area contributed by atoms with Crippen LogP contribution in [0.4, 0.5) is 0 Å². The lowest BCUT2D eigenvalue weighted by molar-refractivity contribution is -0.127. The fourth-order valence-corrected chi connectivity index (χ4v) is 1.86. The first kappa shape index (κ1) is 17.9. The Balaban J connectivity index is 1.79. The SMILES string of the molecule is CC(NC(=O)C=Cc1ccccc1)C(=O)NNC(=O)c1cccnc1. The molecular formula is C18H18N4O3. The molecule has 0 bridgehead atoms. The summed E-state index contributed by atoms with van der Waals surface area (Å²) in [6.07, 6.45) is 5.90. The number of aromatic nitrogens is 1. The minimum absolute atomic E-state index is 0.310. The predicted molar refractivity (Wildman–Crippen MR) is 92.9 cm³/mol. The van der Waals surface area contributed by atoms with Gasteiger partial charge in [0.05, 0.1) is 5.56 Å². The summed E-state index contributed by atoms with van der Waals surface area (Å²) in [4.78, 5) is 39.3. The molecule has 1 aromatic heterocycles. The van der Waals surface area contributed by atoms with Gasteiger partial charge in [0.25, 0.3) is 11.8 Å². The third kappa shape index (κ3) is 5.91. The Bertz CT molecular complexity index is 760. The molecule has 3 amide bonds. The molecule has 1 atom stereocenters. The number of hydrazine groups is 1. The molecule has 128 valence electrons. The molecule has 0 spiro atoms. The van der Waals surface area contributed by atoms with E-state index in [0.717, 1.165) is 5.56 Å². The lowest BCUT2D eigenvalue weighted by atomic mass is 10.2. The number of pyridine rings is 1. The van der Waals surface area contributed by atoms with Crippen molar-refractivity contribution in [2.24, 2.45) is 0 Å². The van der Waals surface area contributed by atoms with E-state index in [2.05, 4.69) is 21.2 Å². The Hall–Kier alpha value is -3.48. The summed E-state index contributed by atoms with van der Waals surface area (Å²) < 4.78 is 0. The highest BCUT2D eigenvalue weighted by Crippen LogP contribution is 2.00. The van der Waals surface area contributed by atoms with E-state index in [-0.39, 0.29) is 0 Å². The van der Waals surface area contributed by atoms with Crippen molar-refractivity contribution in [2.75, 3.05) is 0 Å².